The fourth-order valence-electron chi connectivity index (χ4n) is 3.53. The first-order chi connectivity index (χ1) is 12.6. The minimum atomic E-state index is -4.60. The molecule has 0 bridgehead atoms. The van der Waals surface area contributed by atoms with E-state index in [1.807, 2.05) is 4.90 Å². The van der Waals surface area contributed by atoms with Gasteiger partial charge in [0.1, 0.15) is 0 Å². The van der Waals surface area contributed by atoms with Crippen LogP contribution in [0.2, 0.25) is 0 Å². The summed E-state index contributed by atoms with van der Waals surface area (Å²) in [4.78, 5) is 12.6. The number of rotatable bonds is 6. The molecule has 1 aromatic carbocycles. The molecule has 0 spiro atoms. The van der Waals surface area contributed by atoms with Gasteiger partial charge in [-0.1, -0.05) is 6.07 Å². The van der Waals surface area contributed by atoms with E-state index in [4.69, 9.17) is 5.73 Å². The summed E-state index contributed by atoms with van der Waals surface area (Å²) in [5.74, 6) is -0.441. The molecule has 6 nitrogen and oxygen atoms in total. The van der Waals surface area contributed by atoms with E-state index in [0.29, 0.717) is 44.8 Å². The topological polar surface area (TPSA) is 83.7 Å². The van der Waals surface area contributed by atoms with Crippen LogP contribution in [-0.2, 0) is 21.0 Å². The maximum absolute atomic E-state index is 13.1. The Bertz CT molecular complexity index is 801. The molecule has 1 saturated carbocycles. The summed E-state index contributed by atoms with van der Waals surface area (Å²) in [6.45, 7) is 1.17. The Morgan fingerprint density at radius 3 is 2.26 bits per heavy atom. The number of hydrogen-bond donors (Lipinski definition) is 1. The predicted molar refractivity (Wildman–Crippen MR) is 92.1 cm³/mol. The molecule has 0 unspecified atom stereocenters. The zero-order valence-corrected chi connectivity index (χ0v) is 15.5. The van der Waals surface area contributed by atoms with E-state index in [2.05, 4.69) is 0 Å². The Labute approximate surface area is 156 Å². The van der Waals surface area contributed by atoms with Crippen LogP contribution in [0, 0.1) is 0 Å². The second-order valence-electron chi connectivity index (χ2n) is 7.07. The van der Waals surface area contributed by atoms with E-state index >= 15 is 0 Å². The van der Waals surface area contributed by atoms with Crippen molar-refractivity contribution in [2.75, 3.05) is 19.6 Å². The normalized spacial score (nSPS) is 20.1. The molecule has 10 heteroatoms. The van der Waals surface area contributed by atoms with Gasteiger partial charge in [0, 0.05) is 25.2 Å². The molecule has 2 N–H and O–H groups in total. The second-order valence-corrected chi connectivity index (χ2v) is 8.91. The molecule has 2 aliphatic rings. The minimum absolute atomic E-state index is 0.122. The molecule has 0 atom stereocenters. The van der Waals surface area contributed by atoms with Crippen molar-refractivity contribution < 1.29 is 26.4 Å². The molecule has 1 aliphatic carbocycles. The molecule has 1 saturated heterocycles. The van der Waals surface area contributed by atoms with Crippen molar-refractivity contribution in [3.63, 3.8) is 0 Å². The number of nitrogens with two attached hydrogens (primary N) is 1. The fourth-order valence-corrected chi connectivity index (χ4v) is 5.50. The SMILES string of the molecule is NC(=O)CN1CCC(N(C2CC2)S(=O)(=O)c2cccc(C(F)(F)F)c2)CC1. The number of piperidine rings is 1. The van der Waals surface area contributed by atoms with Crippen molar-refractivity contribution in [1.29, 1.82) is 0 Å². The van der Waals surface area contributed by atoms with Crippen LogP contribution in [-0.4, -0.2) is 55.2 Å². The van der Waals surface area contributed by atoms with Gasteiger partial charge in [-0.15, -0.1) is 0 Å². The summed E-state index contributed by atoms with van der Waals surface area (Å²) in [7, 11) is -4.04. The van der Waals surface area contributed by atoms with E-state index < -0.39 is 27.7 Å². The Morgan fingerprint density at radius 2 is 1.74 bits per heavy atom. The van der Waals surface area contributed by atoms with E-state index in [0.717, 1.165) is 12.1 Å². The molecule has 27 heavy (non-hydrogen) atoms. The smallest absolute Gasteiger partial charge is 0.369 e. The molecule has 1 heterocycles. The molecule has 1 aliphatic heterocycles. The molecule has 1 amide bonds. The van der Waals surface area contributed by atoms with E-state index in [-0.39, 0.29) is 23.5 Å². The van der Waals surface area contributed by atoms with Crippen molar-refractivity contribution in [1.82, 2.24) is 9.21 Å². The molecule has 0 radical (unpaired) electrons. The Hall–Kier alpha value is -1.65. The molecule has 0 aromatic heterocycles. The largest absolute Gasteiger partial charge is 0.416 e. The first-order valence-electron chi connectivity index (χ1n) is 8.80. The first kappa shape index (κ1) is 20.1. The van der Waals surface area contributed by atoms with Gasteiger partial charge < -0.3 is 5.73 Å². The summed E-state index contributed by atoms with van der Waals surface area (Å²) in [6, 6.07) is 3.44. The van der Waals surface area contributed by atoms with Gasteiger partial charge in [-0.25, -0.2) is 8.42 Å². The summed E-state index contributed by atoms with van der Waals surface area (Å²) in [6.07, 6.45) is -2.15. The molecule has 1 aromatic rings. The Morgan fingerprint density at radius 1 is 1.15 bits per heavy atom. The van der Waals surface area contributed by atoms with Gasteiger partial charge in [0.2, 0.25) is 15.9 Å². The molecule has 2 fully saturated rings. The van der Waals surface area contributed by atoms with Crippen LogP contribution < -0.4 is 5.73 Å². The lowest BCUT2D eigenvalue weighted by Gasteiger charge is -2.37. The predicted octanol–water partition coefficient (Wildman–Crippen LogP) is 1.81. The van der Waals surface area contributed by atoms with Gasteiger partial charge in [0.25, 0.3) is 0 Å². The van der Waals surface area contributed by atoms with Crippen molar-refractivity contribution >= 4 is 15.9 Å². The summed E-state index contributed by atoms with van der Waals surface area (Å²) in [5, 5.41) is 0. The molecule has 3 rings (SSSR count). The fraction of sp³-hybridized carbons (Fsp3) is 0.588. The second kappa shape index (κ2) is 7.40. The van der Waals surface area contributed by atoms with Crippen molar-refractivity contribution in [3.05, 3.63) is 29.8 Å². The summed E-state index contributed by atoms with van der Waals surface area (Å²) >= 11 is 0. The monoisotopic (exact) mass is 405 g/mol. The third kappa shape index (κ3) is 4.61. The number of amides is 1. The van der Waals surface area contributed by atoms with E-state index in [9.17, 15) is 26.4 Å². The van der Waals surface area contributed by atoms with Gasteiger partial charge in [-0.05, 0) is 43.9 Å². The van der Waals surface area contributed by atoms with Crippen LogP contribution in [0.5, 0.6) is 0 Å². The number of alkyl halides is 3. The van der Waals surface area contributed by atoms with Crippen LogP contribution in [0.4, 0.5) is 13.2 Å². The van der Waals surface area contributed by atoms with Crippen LogP contribution >= 0.6 is 0 Å². The van der Waals surface area contributed by atoms with Crippen LogP contribution in [0.15, 0.2) is 29.2 Å². The number of hydrogen-bond acceptors (Lipinski definition) is 4. The summed E-state index contributed by atoms with van der Waals surface area (Å²) in [5.41, 5.74) is 4.22. The van der Waals surface area contributed by atoms with Crippen molar-refractivity contribution in [3.8, 4) is 0 Å². The number of carbonyl (C=O) groups excluding carboxylic acids is 1. The number of carbonyl (C=O) groups is 1. The lowest BCUT2D eigenvalue weighted by atomic mass is 10.0. The van der Waals surface area contributed by atoms with Crippen molar-refractivity contribution in [2.45, 2.75) is 48.8 Å². The number of benzene rings is 1. The van der Waals surface area contributed by atoms with Crippen LogP contribution in [0.1, 0.15) is 31.2 Å². The lowest BCUT2D eigenvalue weighted by Crippen LogP contribution is -2.49. The third-order valence-corrected chi connectivity index (χ3v) is 6.94. The van der Waals surface area contributed by atoms with Crippen LogP contribution in [0.3, 0.4) is 0 Å². The highest BCUT2D eigenvalue weighted by atomic mass is 32.2. The molecular formula is C17H22F3N3O3S. The van der Waals surface area contributed by atoms with Gasteiger partial charge in [0.05, 0.1) is 17.0 Å². The van der Waals surface area contributed by atoms with Crippen LogP contribution in [0.25, 0.3) is 0 Å². The average molecular weight is 405 g/mol. The standard InChI is InChI=1S/C17H22F3N3O3S/c18-17(19,20)12-2-1-3-15(10-12)27(25,26)23(13-4-5-13)14-6-8-22(9-7-14)11-16(21)24/h1-3,10,13-14H,4-9,11H2,(H2,21,24). The number of nitrogens with zero attached hydrogens (tertiary/aromatic N) is 2. The quantitative estimate of drug-likeness (QED) is 0.782. The Balaban J connectivity index is 1.82. The summed E-state index contributed by atoms with van der Waals surface area (Å²) < 4.78 is 66.6. The molecule has 150 valence electrons. The maximum atomic E-state index is 13.1. The first-order valence-corrected chi connectivity index (χ1v) is 10.2. The van der Waals surface area contributed by atoms with Gasteiger partial charge >= 0.3 is 6.18 Å². The lowest BCUT2D eigenvalue weighted by molar-refractivity contribution is -0.137. The number of halogens is 3. The highest BCUT2D eigenvalue weighted by Gasteiger charge is 2.44. The maximum Gasteiger partial charge on any atom is 0.416 e. The zero-order valence-electron chi connectivity index (χ0n) is 14.7. The van der Waals surface area contributed by atoms with Gasteiger partial charge in [-0.2, -0.15) is 17.5 Å². The third-order valence-electron chi connectivity index (χ3n) is 4.94. The van der Waals surface area contributed by atoms with Gasteiger partial charge in [0.15, 0.2) is 0 Å². The highest BCUT2D eigenvalue weighted by molar-refractivity contribution is 7.89. The van der Waals surface area contributed by atoms with E-state index in [1.54, 1.807) is 0 Å². The number of primary amides is 1. The number of likely N-dealkylation sites (tertiary alicyclic amines) is 1. The average Bonchev–Trinajstić information content (AvgIpc) is 3.40. The highest BCUT2D eigenvalue weighted by Crippen LogP contribution is 2.38. The number of sulfonamides is 1. The molecular weight excluding hydrogens is 383 g/mol. The van der Waals surface area contributed by atoms with E-state index in [1.165, 1.54) is 10.4 Å². The Kier molecular flexibility index (Phi) is 5.51. The zero-order chi connectivity index (χ0) is 19.8. The van der Waals surface area contributed by atoms with Gasteiger partial charge in [-0.3, -0.25) is 9.69 Å². The minimum Gasteiger partial charge on any atom is -0.369 e. The van der Waals surface area contributed by atoms with Crippen molar-refractivity contribution in [2.24, 2.45) is 5.73 Å².